The highest BCUT2D eigenvalue weighted by Crippen LogP contribution is 2.28. The molecule has 5 nitrogen and oxygen atoms in total. The lowest BCUT2D eigenvalue weighted by Crippen LogP contribution is -2.14. The van der Waals surface area contributed by atoms with Crippen LogP contribution in [-0.4, -0.2) is 19.2 Å². The first-order chi connectivity index (χ1) is 11.2. The minimum Gasteiger partial charge on any atom is -0.482 e. The minimum absolute atomic E-state index is 0.158. The molecule has 0 bridgehead atoms. The molecule has 1 aliphatic carbocycles. The first-order valence-electron chi connectivity index (χ1n) is 8.06. The highest BCUT2D eigenvalue weighted by Gasteiger charge is 2.17. The Bertz CT molecular complexity index is 775. The second-order valence-electron chi connectivity index (χ2n) is 5.66. The van der Waals surface area contributed by atoms with Crippen molar-refractivity contribution in [2.45, 2.75) is 39.0 Å². The SMILES string of the molecule is CCOC(=O)COc1ccc2c3c(c(=O)oc2c1)CCCCC3. The summed E-state index contributed by atoms with van der Waals surface area (Å²) in [5, 5.41) is 0.963. The van der Waals surface area contributed by atoms with Crippen molar-refractivity contribution in [3.63, 3.8) is 0 Å². The highest BCUT2D eigenvalue weighted by atomic mass is 16.6. The molecular formula is C18H20O5. The molecule has 0 atom stereocenters. The molecule has 3 rings (SSSR count). The fourth-order valence-electron chi connectivity index (χ4n) is 3.04. The Kier molecular flexibility index (Phi) is 4.65. The molecule has 1 aromatic carbocycles. The molecule has 122 valence electrons. The molecule has 23 heavy (non-hydrogen) atoms. The number of hydrogen-bond donors (Lipinski definition) is 0. The smallest absolute Gasteiger partial charge is 0.344 e. The molecule has 0 fully saturated rings. The zero-order chi connectivity index (χ0) is 16.2. The summed E-state index contributed by atoms with van der Waals surface area (Å²) in [6, 6.07) is 5.37. The lowest BCUT2D eigenvalue weighted by atomic mass is 10.0. The van der Waals surface area contributed by atoms with Gasteiger partial charge in [-0.3, -0.25) is 0 Å². The quantitative estimate of drug-likeness (QED) is 0.493. The van der Waals surface area contributed by atoms with Crippen molar-refractivity contribution < 1.29 is 18.7 Å². The molecule has 1 aromatic heterocycles. The minimum atomic E-state index is -0.420. The van der Waals surface area contributed by atoms with Crippen molar-refractivity contribution in [3.05, 3.63) is 39.7 Å². The van der Waals surface area contributed by atoms with Crippen LogP contribution in [0, 0.1) is 0 Å². The van der Waals surface area contributed by atoms with Crippen molar-refractivity contribution >= 4 is 16.9 Å². The summed E-state index contributed by atoms with van der Waals surface area (Å²) in [5.41, 5.74) is 2.18. The molecule has 0 saturated heterocycles. The zero-order valence-electron chi connectivity index (χ0n) is 13.2. The predicted octanol–water partition coefficient (Wildman–Crippen LogP) is 3.00. The average molecular weight is 316 g/mol. The number of fused-ring (bicyclic) bond motifs is 3. The summed E-state index contributed by atoms with van der Waals surface area (Å²) >= 11 is 0. The van der Waals surface area contributed by atoms with Gasteiger partial charge in [0.05, 0.1) is 6.61 Å². The molecule has 0 aliphatic heterocycles. The van der Waals surface area contributed by atoms with Gasteiger partial charge >= 0.3 is 11.6 Å². The Hall–Kier alpha value is -2.30. The number of hydrogen-bond acceptors (Lipinski definition) is 5. The molecular weight excluding hydrogens is 296 g/mol. The first-order valence-corrected chi connectivity index (χ1v) is 8.06. The highest BCUT2D eigenvalue weighted by molar-refractivity contribution is 5.83. The van der Waals surface area contributed by atoms with Crippen LogP contribution < -0.4 is 10.4 Å². The number of ether oxygens (including phenoxy) is 2. The van der Waals surface area contributed by atoms with E-state index in [2.05, 4.69) is 0 Å². The van der Waals surface area contributed by atoms with Gasteiger partial charge in [-0.2, -0.15) is 0 Å². The molecule has 0 saturated carbocycles. The van der Waals surface area contributed by atoms with Gasteiger partial charge in [-0.25, -0.2) is 9.59 Å². The fourth-order valence-corrected chi connectivity index (χ4v) is 3.04. The number of aryl methyl sites for hydroxylation is 1. The van der Waals surface area contributed by atoms with Gasteiger partial charge in [0.2, 0.25) is 0 Å². The van der Waals surface area contributed by atoms with Gasteiger partial charge < -0.3 is 13.9 Å². The van der Waals surface area contributed by atoms with Crippen LogP contribution in [0.4, 0.5) is 0 Å². The van der Waals surface area contributed by atoms with Crippen molar-refractivity contribution in [3.8, 4) is 5.75 Å². The maximum atomic E-state index is 12.2. The Morgan fingerprint density at radius 1 is 1.17 bits per heavy atom. The zero-order valence-corrected chi connectivity index (χ0v) is 13.2. The molecule has 0 N–H and O–H groups in total. The molecule has 0 spiro atoms. The van der Waals surface area contributed by atoms with Crippen molar-refractivity contribution in [1.82, 2.24) is 0 Å². The van der Waals surface area contributed by atoms with E-state index in [0.717, 1.165) is 48.6 Å². The van der Waals surface area contributed by atoms with Gasteiger partial charge in [0.15, 0.2) is 6.61 Å². The summed E-state index contributed by atoms with van der Waals surface area (Å²) in [7, 11) is 0. The van der Waals surface area contributed by atoms with Crippen LogP contribution in [-0.2, 0) is 22.4 Å². The lowest BCUT2D eigenvalue weighted by Gasteiger charge is -2.10. The van der Waals surface area contributed by atoms with E-state index in [1.165, 1.54) is 0 Å². The van der Waals surface area contributed by atoms with Crippen molar-refractivity contribution in [2.24, 2.45) is 0 Å². The van der Waals surface area contributed by atoms with Crippen LogP contribution in [0.5, 0.6) is 5.75 Å². The van der Waals surface area contributed by atoms with Crippen LogP contribution in [0.2, 0.25) is 0 Å². The summed E-state index contributed by atoms with van der Waals surface area (Å²) in [4.78, 5) is 23.6. The van der Waals surface area contributed by atoms with E-state index in [0.29, 0.717) is 17.9 Å². The number of rotatable bonds is 4. The molecule has 5 heteroatoms. The topological polar surface area (TPSA) is 65.7 Å². The number of esters is 1. The van der Waals surface area contributed by atoms with E-state index >= 15 is 0 Å². The Labute approximate surface area is 134 Å². The lowest BCUT2D eigenvalue weighted by molar-refractivity contribution is -0.145. The Morgan fingerprint density at radius 2 is 1.96 bits per heavy atom. The van der Waals surface area contributed by atoms with Gasteiger partial charge in [-0.15, -0.1) is 0 Å². The normalized spacial score (nSPS) is 14.1. The van der Waals surface area contributed by atoms with Crippen LogP contribution in [0.25, 0.3) is 11.0 Å². The maximum absolute atomic E-state index is 12.2. The molecule has 0 radical (unpaired) electrons. The monoisotopic (exact) mass is 316 g/mol. The van der Waals surface area contributed by atoms with Gasteiger partial charge in [0.25, 0.3) is 0 Å². The number of carbonyl (C=O) groups excluding carboxylic acids is 1. The average Bonchev–Trinajstić information content (AvgIpc) is 2.79. The van der Waals surface area contributed by atoms with Crippen LogP contribution >= 0.6 is 0 Å². The second-order valence-corrected chi connectivity index (χ2v) is 5.66. The third-order valence-electron chi connectivity index (χ3n) is 4.11. The van der Waals surface area contributed by atoms with Crippen LogP contribution in [0.15, 0.2) is 27.4 Å². The van der Waals surface area contributed by atoms with Crippen molar-refractivity contribution in [1.29, 1.82) is 0 Å². The third kappa shape index (κ3) is 3.38. The van der Waals surface area contributed by atoms with E-state index in [4.69, 9.17) is 13.9 Å². The molecule has 1 aliphatic rings. The maximum Gasteiger partial charge on any atom is 0.344 e. The van der Waals surface area contributed by atoms with Crippen molar-refractivity contribution in [2.75, 3.05) is 13.2 Å². The van der Waals surface area contributed by atoms with Crippen LogP contribution in [0.3, 0.4) is 0 Å². The van der Waals surface area contributed by atoms with E-state index < -0.39 is 5.97 Å². The summed E-state index contributed by atoms with van der Waals surface area (Å²) < 4.78 is 15.7. The molecule has 0 amide bonds. The molecule has 1 heterocycles. The first kappa shape index (κ1) is 15.6. The standard InChI is InChI=1S/C18H20O5/c1-2-21-17(19)11-22-12-8-9-14-13-6-4-3-5-7-15(13)18(20)23-16(14)10-12/h8-10H,2-7,11H2,1H3. The summed E-state index contributed by atoms with van der Waals surface area (Å²) in [6.45, 7) is 1.91. The molecule has 2 aromatic rings. The van der Waals surface area contributed by atoms with E-state index in [9.17, 15) is 9.59 Å². The Morgan fingerprint density at radius 3 is 2.74 bits per heavy atom. The summed E-state index contributed by atoms with van der Waals surface area (Å²) in [6.07, 6.45) is 4.95. The van der Waals surface area contributed by atoms with E-state index in [1.54, 1.807) is 19.1 Å². The fraction of sp³-hybridized carbons (Fsp3) is 0.444. The number of carbonyl (C=O) groups is 1. The van der Waals surface area contributed by atoms with Gasteiger partial charge in [0, 0.05) is 17.0 Å². The number of benzene rings is 1. The summed E-state index contributed by atoms with van der Waals surface area (Å²) in [5.74, 6) is 0.0678. The van der Waals surface area contributed by atoms with Gasteiger partial charge in [0.1, 0.15) is 11.3 Å². The third-order valence-corrected chi connectivity index (χ3v) is 4.11. The van der Waals surface area contributed by atoms with Gasteiger partial charge in [-0.1, -0.05) is 6.42 Å². The van der Waals surface area contributed by atoms with Gasteiger partial charge in [-0.05, 0) is 50.3 Å². The second kappa shape index (κ2) is 6.86. The Balaban J connectivity index is 1.91. The van der Waals surface area contributed by atoms with Crippen LogP contribution in [0.1, 0.15) is 37.3 Å². The predicted molar refractivity (Wildman–Crippen MR) is 85.9 cm³/mol. The van der Waals surface area contributed by atoms with E-state index in [1.807, 2.05) is 6.07 Å². The van der Waals surface area contributed by atoms with E-state index in [-0.39, 0.29) is 12.2 Å². The largest absolute Gasteiger partial charge is 0.482 e. The molecule has 0 unspecified atom stereocenters.